The molecular weight excluding hydrogens is 401 g/mol. The van der Waals surface area contributed by atoms with Crippen molar-refractivity contribution < 1.29 is 19.0 Å². The Labute approximate surface area is 174 Å². The fourth-order valence-corrected chi connectivity index (χ4v) is 4.43. The summed E-state index contributed by atoms with van der Waals surface area (Å²) in [6.45, 7) is 1.96. The quantitative estimate of drug-likeness (QED) is 0.687. The minimum absolute atomic E-state index is 0.0238. The van der Waals surface area contributed by atoms with Crippen molar-refractivity contribution in [3.63, 3.8) is 0 Å². The summed E-state index contributed by atoms with van der Waals surface area (Å²) in [7, 11) is 1.50. The first-order valence-electron chi connectivity index (χ1n) is 9.32. The molecule has 2 heterocycles. The number of hydrogen-bond donors (Lipinski definition) is 0. The number of methoxy groups -OCH3 is 1. The van der Waals surface area contributed by atoms with E-state index in [-0.39, 0.29) is 11.9 Å². The molecule has 1 fully saturated rings. The molecule has 2 aliphatic rings. The molecule has 7 heteroatoms. The van der Waals surface area contributed by atoms with Gasteiger partial charge < -0.3 is 19.1 Å². The summed E-state index contributed by atoms with van der Waals surface area (Å²) in [4.78, 5) is 15.1. The van der Waals surface area contributed by atoms with Gasteiger partial charge in [0.15, 0.2) is 17.2 Å². The van der Waals surface area contributed by atoms with Gasteiger partial charge in [-0.2, -0.15) is 0 Å². The lowest BCUT2D eigenvalue weighted by Gasteiger charge is -2.26. The maximum atomic E-state index is 13.2. The monoisotopic (exact) mass is 421 g/mol. The highest BCUT2D eigenvalue weighted by atomic mass is 35.5. The number of rotatable bonds is 3. The zero-order valence-electron chi connectivity index (χ0n) is 15.5. The molecule has 148 valence electrons. The Morgan fingerprint density at radius 1 is 1.07 bits per heavy atom. The van der Waals surface area contributed by atoms with Crippen molar-refractivity contribution in [2.75, 3.05) is 26.9 Å². The third kappa shape index (κ3) is 3.61. The molecule has 0 spiro atoms. The average molecular weight is 422 g/mol. The molecule has 1 unspecified atom stereocenters. The lowest BCUT2D eigenvalue weighted by Crippen LogP contribution is -2.30. The lowest BCUT2D eigenvalue weighted by atomic mass is 10.0. The Kier molecular flexibility index (Phi) is 5.56. The molecule has 0 radical (unpaired) electrons. The van der Waals surface area contributed by atoms with E-state index in [1.807, 2.05) is 23.1 Å². The second-order valence-corrected chi connectivity index (χ2v) is 7.70. The van der Waals surface area contributed by atoms with E-state index in [2.05, 4.69) is 0 Å². The van der Waals surface area contributed by atoms with Crippen LogP contribution in [0.1, 0.15) is 41.2 Å². The third-order valence-corrected chi connectivity index (χ3v) is 5.68. The van der Waals surface area contributed by atoms with Crippen molar-refractivity contribution in [1.29, 1.82) is 0 Å². The van der Waals surface area contributed by atoms with E-state index < -0.39 is 0 Å². The first-order chi connectivity index (χ1) is 13.6. The number of ether oxygens (including phenoxy) is 3. The first-order valence-corrected chi connectivity index (χ1v) is 10.1. The normalized spacial score (nSPS) is 18.7. The van der Waals surface area contributed by atoms with E-state index in [9.17, 15) is 4.79 Å². The van der Waals surface area contributed by atoms with E-state index in [4.69, 9.17) is 37.4 Å². The van der Waals surface area contributed by atoms with Crippen LogP contribution in [0.5, 0.6) is 17.2 Å². The molecule has 1 atom stereocenters. The van der Waals surface area contributed by atoms with Crippen LogP contribution in [0.3, 0.4) is 0 Å². The molecular formula is C21H21Cl2NO4. The molecule has 0 bridgehead atoms. The molecule has 1 amide bonds. The number of amides is 1. The van der Waals surface area contributed by atoms with Gasteiger partial charge in [-0.15, -0.1) is 0 Å². The fraction of sp³-hybridized carbons (Fsp3) is 0.381. The highest BCUT2D eigenvalue weighted by molar-refractivity contribution is 6.37. The smallest absolute Gasteiger partial charge is 0.254 e. The summed E-state index contributed by atoms with van der Waals surface area (Å²) < 4.78 is 16.7. The molecule has 2 aromatic rings. The minimum atomic E-state index is -0.0962. The van der Waals surface area contributed by atoms with Crippen molar-refractivity contribution >= 4 is 29.1 Å². The highest BCUT2D eigenvalue weighted by Crippen LogP contribution is 2.40. The number of benzene rings is 2. The van der Waals surface area contributed by atoms with Crippen molar-refractivity contribution in [1.82, 2.24) is 4.90 Å². The number of carbonyl (C=O) groups excluding carboxylic acids is 1. The summed E-state index contributed by atoms with van der Waals surface area (Å²) in [5.74, 6) is 1.78. The number of fused-ring (bicyclic) bond motifs is 1. The molecule has 0 N–H and O–H groups in total. The molecule has 2 aromatic carbocycles. The average Bonchev–Trinajstić information content (AvgIpc) is 3.05. The second-order valence-electron chi connectivity index (χ2n) is 6.89. The standard InChI is InChI=1S/C21H21Cl2NO4/c1-26-20-15(22)10-14(11-16(20)23)21(25)24-7-2-4-17(24)13-5-6-18-19(12-13)28-9-3-8-27-18/h5-6,10-12,17H,2-4,7-9H2,1H3. The molecule has 2 aliphatic heterocycles. The van der Waals surface area contributed by atoms with Crippen LogP contribution in [0.25, 0.3) is 0 Å². The van der Waals surface area contributed by atoms with Gasteiger partial charge in [0.25, 0.3) is 5.91 Å². The van der Waals surface area contributed by atoms with E-state index in [1.54, 1.807) is 12.1 Å². The van der Waals surface area contributed by atoms with Gasteiger partial charge in [-0.05, 0) is 42.7 Å². The minimum Gasteiger partial charge on any atom is -0.494 e. The molecule has 5 nitrogen and oxygen atoms in total. The van der Waals surface area contributed by atoms with Crippen LogP contribution < -0.4 is 14.2 Å². The molecule has 28 heavy (non-hydrogen) atoms. The molecule has 0 aliphatic carbocycles. The van der Waals surface area contributed by atoms with Crippen LogP contribution in [-0.2, 0) is 0 Å². The van der Waals surface area contributed by atoms with Crippen LogP contribution >= 0.6 is 23.2 Å². The summed E-state index contributed by atoms with van der Waals surface area (Å²) in [5.41, 5.74) is 1.50. The van der Waals surface area contributed by atoms with Gasteiger partial charge in [0.2, 0.25) is 0 Å². The van der Waals surface area contributed by atoms with Gasteiger partial charge in [-0.25, -0.2) is 0 Å². The molecule has 0 aromatic heterocycles. The predicted molar refractivity (Wildman–Crippen MR) is 108 cm³/mol. The van der Waals surface area contributed by atoms with Crippen LogP contribution in [0.2, 0.25) is 10.0 Å². The highest BCUT2D eigenvalue weighted by Gasteiger charge is 2.32. The van der Waals surface area contributed by atoms with Gasteiger partial charge >= 0.3 is 0 Å². The number of hydrogen-bond acceptors (Lipinski definition) is 4. The van der Waals surface area contributed by atoms with Crippen LogP contribution in [-0.4, -0.2) is 37.7 Å². The van der Waals surface area contributed by atoms with Crippen molar-refractivity contribution in [3.05, 3.63) is 51.5 Å². The largest absolute Gasteiger partial charge is 0.494 e. The lowest BCUT2D eigenvalue weighted by molar-refractivity contribution is 0.0735. The summed E-state index contributed by atoms with van der Waals surface area (Å²) in [5, 5.41) is 0.648. The number of likely N-dealkylation sites (tertiary alicyclic amines) is 1. The number of carbonyl (C=O) groups is 1. The maximum Gasteiger partial charge on any atom is 0.254 e. The van der Waals surface area contributed by atoms with Crippen LogP contribution in [0, 0.1) is 0 Å². The Morgan fingerprint density at radius 2 is 1.79 bits per heavy atom. The van der Waals surface area contributed by atoms with E-state index in [0.717, 1.165) is 36.3 Å². The van der Waals surface area contributed by atoms with Gasteiger partial charge in [-0.3, -0.25) is 4.79 Å². The Bertz CT molecular complexity index is 879. The zero-order chi connectivity index (χ0) is 19.7. The first kappa shape index (κ1) is 19.2. The molecule has 1 saturated heterocycles. The summed E-state index contributed by atoms with van der Waals surface area (Å²) in [6.07, 6.45) is 2.68. The summed E-state index contributed by atoms with van der Waals surface area (Å²) >= 11 is 12.4. The van der Waals surface area contributed by atoms with Crippen molar-refractivity contribution in [2.24, 2.45) is 0 Å². The Balaban J connectivity index is 1.62. The van der Waals surface area contributed by atoms with E-state index >= 15 is 0 Å². The van der Waals surface area contributed by atoms with Gasteiger partial charge in [0.1, 0.15) is 0 Å². The summed E-state index contributed by atoms with van der Waals surface area (Å²) in [6, 6.07) is 9.13. The van der Waals surface area contributed by atoms with Gasteiger partial charge in [-0.1, -0.05) is 29.3 Å². The second kappa shape index (κ2) is 8.10. The molecule has 0 saturated carbocycles. The zero-order valence-corrected chi connectivity index (χ0v) is 17.1. The maximum absolute atomic E-state index is 13.2. The van der Waals surface area contributed by atoms with Gasteiger partial charge in [0.05, 0.1) is 36.4 Å². The topological polar surface area (TPSA) is 48.0 Å². The van der Waals surface area contributed by atoms with Crippen LogP contribution in [0.4, 0.5) is 0 Å². The Hall–Kier alpha value is -2.11. The fourth-order valence-electron chi connectivity index (χ4n) is 3.79. The van der Waals surface area contributed by atoms with Crippen molar-refractivity contribution in [3.8, 4) is 17.2 Å². The SMILES string of the molecule is COc1c(Cl)cc(C(=O)N2CCCC2c2ccc3c(c2)OCCCO3)cc1Cl. The van der Waals surface area contributed by atoms with Gasteiger partial charge in [0, 0.05) is 18.5 Å². The number of nitrogens with zero attached hydrogens (tertiary/aromatic N) is 1. The Morgan fingerprint density at radius 3 is 2.50 bits per heavy atom. The van der Waals surface area contributed by atoms with Crippen molar-refractivity contribution in [2.45, 2.75) is 25.3 Å². The van der Waals surface area contributed by atoms with E-state index in [0.29, 0.717) is 41.1 Å². The predicted octanol–water partition coefficient (Wildman–Crippen LogP) is 5.14. The number of halogens is 2. The van der Waals surface area contributed by atoms with E-state index in [1.165, 1.54) is 7.11 Å². The third-order valence-electron chi connectivity index (χ3n) is 5.12. The molecule has 4 rings (SSSR count). The van der Waals surface area contributed by atoms with Crippen LogP contribution in [0.15, 0.2) is 30.3 Å².